The number of thioether (sulfide) groups is 1. The van der Waals surface area contributed by atoms with Gasteiger partial charge in [0.15, 0.2) is 0 Å². The number of hydrogen-bond donors (Lipinski definition) is 3. The fourth-order valence-corrected chi connectivity index (χ4v) is 2.78. The molecule has 24 heavy (non-hydrogen) atoms. The Labute approximate surface area is 146 Å². The number of hydrogen-bond acceptors (Lipinski definition) is 7. The maximum Gasteiger partial charge on any atom is 0.326 e. The second-order valence-corrected chi connectivity index (χ2v) is 6.39. The van der Waals surface area contributed by atoms with E-state index in [0.717, 1.165) is 13.1 Å². The lowest BCUT2D eigenvalue weighted by Crippen LogP contribution is -2.46. The predicted octanol–water partition coefficient (Wildman–Crippen LogP) is -0.674. The number of rotatable bonds is 9. The summed E-state index contributed by atoms with van der Waals surface area (Å²) in [5, 5.41) is 29.7. The summed E-state index contributed by atoms with van der Waals surface area (Å²) in [6, 6.07) is 0.844. The molecule has 0 aromatic rings. The average Bonchev–Trinajstić information content (AvgIpc) is 2.57. The average molecular weight is 356 g/mol. The molecule has 1 unspecified atom stereocenters. The molecule has 0 bridgehead atoms. The molecular formula is C15H24N4O4S. The van der Waals surface area contributed by atoms with Crippen LogP contribution in [0.15, 0.2) is 11.8 Å². The number of carboxylic acid groups (broad SMARTS) is 1. The summed E-state index contributed by atoms with van der Waals surface area (Å²) < 4.78 is 0. The van der Waals surface area contributed by atoms with E-state index in [9.17, 15) is 14.9 Å². The Kier molecular flexibility index (Phi) is 9.22. The SMILES string of the molecule is CSCCC(NC(=O)/C(C#N)=C\N1CCN(CCO)CC1)C(=O)O. The molecule has 1 fully saturated rings. The zero-order valence-electron chi connectivity index (χ0n) is 13.8. The predicted molar refractivity (Wildman–Crippen MR) is 91.4 cm³/mol. The van der Waals surface area contributed by atoms with Gasteiger partial charge in [-0.05, 0) is 18.4 Å². The molecule has 0 radical (unpaired) electrons. The van der Waals surface area contributed by atoms with Gasteiger partial charge in [0.2, 0.25) is 0 Å². The van der Waals surface area contributed by atoms with Crippen molar-refractivity contribution in [1.82, 2.24) is 15.1 Å². The van der Waals surface area contributed by atoms with Gasteiger partial charge in [-0.2, -0.15) is 17.0 Å². The lowest BCUT2D eigenvalue weighted by Gasteiger charge is -2.33. The minimum atomic E-state index is -1.10. The van der Waals surface area contributed by atoms with Gasteiger partial charge in [-0.25, -0.2) is 4.79 Å². The number of nitrogens with one attached hydrogen (secondary N) is 1. The van der Waals surface area contributed by atoms with Crippen molar-refractivity contribution in [2.24, 2.45) is 0 Å². The van der Waals surface area contributed by atoms with Crippen LogP contribution >= 0.6 is 11.8 Å². The minimum absolute atomic E-state index is 0.0963. The van der Waals surface area contributed by atoms with E-state index in [4.69, 9.17) is 10.2 Å². The molecule has 1 saturated heterocycles. The lowest BCUT2D eigenvalue weighted by molar-refractivity contribution is -0.141. The van der Waals surface area contributed by atoms with E-state index >= 15 is 0 Å². The van der Waals surface area contributed by atoms with Crippen LogP contribution in [0.4, 0.5) is 0 Å². The first kappa shape index (κ1) is 20.3. The molecule has 134 valence electrons. The first-order valence-electron chi connectivity index (χ1n) is 7.73. The molecular weight excluding hydrogens is 332 g/mol. The van der Waals surface area contributed by atoms with Crippen LogP contribution in [0.25, 0.3) is 0 Å². The van der Waals surface area contributed by atoms with E-state index in [-0.39, 0.29) is 12.2 Å². The molecule has 8 nitrogen and oxygen atoms in total. The second kappa shape index (κ2) is 10.9. The molecule has 9 heteroatoms. The summed E-state index contributed by atoms with van der Waals surface area (Å²) in [7, 11) is 0. The normalized spacial score (nSPS) is 17.2. The maximum atomic E-state index is 12.2. The molecule has 1 atom stereocenters. The van der Waals surface area contributed by atoms with E-state index in [2.05, 4.69) is 10.2 Å². The number of carbonyl (C=O) groups excluding carboxylic acids is 1. The molecule has 0 aliphatic carbocycles. The monoisotopic (exact) mass is 356 g/mol. The fourth-order valence-electron chi connectivity index (χ4n) is 2.31. The van der Waals surface area contributed by atoms with E-state index in [1.54, 1.807) is 0 Å². The number of nitriles is 1. The number of carbonyl (C=O) groups is 2. The molecule has 0 saturated carbocycles. The highest BCUT2D eigenvalue weighted by Gasteiger charge is 2.22. The van der Waals surface area contributed by atoms with Crippen LogP contribution < -0.4 is 5.32 Å². The number of aliphatic hydroxyl groups is 1. The molecule has 0 aromatic heterocycles. The van der Waals surface area contributed by atoms with E-state index in [1.807, 2.05) is 17.2 Å². The van der Waals surface area contributed by atoms with Crippen molar-refractivity contribution >= 4 is 23.6 Å². The zero-order chi connectivity index (χ0) is 17.9. The molecule has 1 amide bonds. The van der Waals surface area contributed by atoms with Gasteiger partial charge >= 0.3 is 5.97 Å². The van der Waals surface area contributed by atoms with E-state index in [1.165, 1.54) is 18.0 Å². The maximum absolute atomic E-state index is 12.2. The van der Waals surface area contributed by atoms with Gasteiger partial charge in [-0.15, -0.1) is 0 Å². The highest BCUT2D eigenvalue weighted by Crippen LogP contribution is 2.06. The van der Waals surface area contributed by atoms with Crippen molar-refractivity contribution in [1.29, 1.82) is 5.26 Å². The second-order valence-electron chi connectivity index (χ2n) is 5.40. The number of aliphatic hydroxyl groups excluding tert-OH is 1. The first-order valence-corrected chi connectivity index (χ1v) is 9.13. The first-order chi connectivity index (χ1) is 11.5. The summed E-state index contributed by atoms with van der Waals surface area (Å²) in [5.74, 6) is -1.16. The van der Waals surface area contributed by atoms with E-state index < -0.39 is 17.9 Å². The van der Waals surface area contributed by atoms with Crippen molar-refractivity contribution in [2.45, 2.75) is 12.5 Å². The number of aliphatic carboxylic acids is 1. The largest absolute Gasteiger partial charge is 0.480 e. The van der Waals surface area contributed by atoms with Crippen LogP contribution in [0, 0.1) is 11.3 Å². The van der Waals surface area contributed by atoms with Crippen molar-refractivity contribution in [2.75, 3.05) is 51.3 Å². The Hall–Kier alpha value is -1.76. The Bertz CT molecular complexity index is 498. The Morgan fingerprint density at radius 3 is 2.54 bits per heavy atom. The molecule has 0 aromatic carbocycles. The number of β-amino-alcohol motifs (C(OH)–C–C–N with tert-alkyl or cyclic N) is 1. The van der Waals surface area contributed by atoms with Gasteiger partial charge in [-0.3, -0.25) is 9.69 Å². The quantitative estimate of drug-likeness (QED) is 0.368. The van der Waals surface area contributed by atoms with Crippen molar-refractivity contribution in [3.63, 3.8) is 0 Å². The fraction of sp³-hybridized carbons (Fsp3) is 0.667. The molecule has 0 spiro atoms. The van der Waals surface area contributed by atoms with E-state index in [0.29, 0.717) is 31.8 Å². The highest BCUT2D eigenvalue weighted by atomic mass is 32.2. The lowest BCUT2D eigenvalue weighted by atomic mass is 10.2. The van der Waals surface area contributed by atoms with Crippen molar-refractivity contribution in [3.8, 4) is 6.07 Å². The van der Waals surface area contributed by atoms with Crippen molar-refractivity contribution < 1.29 is 19.8 Å². The number of nitrogens with zero attached hydrogens (tertiary/aromatic N) is 3. The van der Waals surface area contributed by atoms with Crippen LogP contribution in [0.1, 0.15) is 6.42 Å². The zero-order valence-corrected chi connectivity index (χ0v) is 14.6. The Morgan fingerprint density at radius 2 is 2.04 bits per heavy atom. The van der Waals surface area contributed by atoms with Gasteiger partial charge in [0.1, 0.15) is 17.7 Å². The van der Waals surface area contributed by atoms with Gasteiger partial charge in [0.05, 0.1) is 6.61 Å². The summed E-state index contributed by atoms with van der Waals surface area (Å²) in [6.07, 6.45) is 3.65. The third-order valence-electron chi connectivity index (χ3n) is 3.71. The Balaban J connectivity index is 2.62. The topological polar surface area (TPSA) is 117 Å². The molecule has 3 N–H and O–H groups in total. The van der Waals surface area contributed by atoms with Crippen LogP contribution in [0.2, 0.25) is 0 Å². The highest BCUT2D eigenvalue weighted by molar-refractivity contribution is 7.98. The minimum Gasteiger partial charge on any atom is -0.480 e. The summed E-state index contributed by atoms with van der Waals surface area (Å²) >= 11 is 1.50. The van der Waals surface area contributed by atoms with Gasteiger partial charge in [-0.1, -0.05) is 0 Å². The van der Waals surface area contributed by atoms with Crippen LogP contribution in [0.3, 0.4) is 0 Å². The smallest absolute Gasteiger partial charge is 0.326 e. The van der Waals surface area contributed by atoms with Crippen molar-refractivity contribution in [3.05, 3.63) is 11.8 Å². The Morgan fingerprint density at radius 1 is 1.38 bits per heavy atom. The summed E-state index contributed by atoms with van der Waals surface area (Å²) in [4.78, 5) is 27.3. The van der Waals surface area contributed by atoms with Gasteiger partial charge < -0.3 is 20.4 Å². The van der Waals surface area contributed by atoms with Gasteiger partial charge in [0.25, 0.3) is 5.91 Å². The summed E-state index contributed by atoms with van der Waals surface area (Å²) in [6.45, 7) is 3.49. The number of carboxylic acids is 1. The van der Waals surface area contributed by atoms with Crippen LogP contribution in [-0.2, 0) is 9.59 Å². The third-order valence-corrected chi connectivity index (χ3v) is 4.36. The number of amides is 1. The van der Waals surface area contributed by atoms with Gasteiger partial charge in [0, 0.05) is 38.9 Å². The summed E-state index contributed by atoms with van der Waals surface area (Å²) in [5.41, 5.74) is -0.0963. The molecule has 1 aliphatic heterocycles. The van der Waals surface area contributed by atoms with Crippen LogP contribution in [0.5, 0.6) is 0 Å². The molecule has 1 heterocycles. The molecule has 1 aliphatic rings. The number of piperazine rings is 1. The van der Waals surface area contributed by atoms with Crippen LogP contribution in [-0.4, -0.2) is 89.3 Å². The standard InChI is InChI=1S/C15H24N4O4S/c1-24-9-2-13(15(22)23)17-14(21)12(10-16)11-19-5-3-18(4-6-19)7-8-20/h11,13,20H,2-9H2,1H3,(H,17,21)(H,22,23)/b12-11-. The third kappa shape index (κ3) is 6.78. The molecule has 1 rings (SSSR count).